The van der Waals surface area contributed by atoms with E-state index in [0.717, 1.165) is 11.1 Å². The minimum absolute atomic E-state index is 0.0208. The van der Waals surface area contributed by atoms with Crippen LogP contribution in [0.3, 0.4) is 0 Å². The van der Waals surface area contributed by atoms with Crippen LogP contribution in [0.25, 0.3) is 0 Å². The zero-order valence-corrected chi connectivity index (χ0v) is 15.5. The number of ether oxygens (including phenoxy) is 1. The summed E-state index contributed by atoms with van der Waals surface area (Å²) < 4.78 is 33.5. The lowest BCUT2D eigenvalue weighted by Gasteiger charge is -2.41. The van der Waals surface area contributed by atoms with Crippen molar-refractivity contribution in [3.8, 4) is 5.75 Å². The van der Waals surface area contributed by atoms with E-state index in [9.17, 15) is 13.2 Å². The maximum absolute atomic E-state index is 13.4. The van der Waals surface area contributed by atoms with Gasteiger partial charge in [-0.15, -0.1) is 0 Å². The third-order valence-corrected chi connectivity index (χ3v) is 6.84. The van der Waals surface area contributed by atoms with Gasteiger partial charge in [-0.25, -0.2) is 12.7 Å². The molecule has 7 heteroatoms. The van der Waals surface area contributed by atoms with Crippen molar-refractivity contribution in [3.05, 3.63) is 53.6 Å². The van der Waals surface area contributed by atoms with E-state index < -0.39 is 16.2 Å². The summed E-state index contributed by atoms with van der Waals surface area (Å²) in [4.78, 5) is 14.2. The summed E-state index contributed by atoms with van der Waals surface area (Å²) in [6.07, 6.45) is 0.375. The lowest BCUT2D eigenvalue weighted by atomic mass is 10.1. The van der Waals surface area contributed by atoms with Crippen molar-refractivity contribution < 1.29 is 17.9 Å². The summed E-state index contributed by atoms with van der Waals surface area (Å²) in [7, 11) is -2.23. The number of rotatable bonds is 3. The first kappa shape index (κ1) is 16.9. The van der Waals surface area contributed by atoms with Crippen LogP contribution in [0.2, 0.25) is 0 Å². The van der Waals surface area contributed by atoms with Gasteiger partial charge in [-0.1, -0.05) is 17.7 Å². The summed E-state index contributed by atoms with van der Waals surface area (Å²) in [5, 5.41) is 0. The van der Waals surface area contributed by atoms with E-state index in [4.69, 9.17) is 4.74 Å². The van der Waals surface area contributed by atoms with Crippen LogP contribution in [-0.2, 0) is 21.4 Å². The van der Waals surface area contributed by atoms with Crippen molar-refractivity contribution in [1.29, 1.82) is 0 Å². The summed E-state index contributed by atoms with van der Waals surface area (Å²) >= 11 is 0. The smallest absolute Gasteiger partial charge is 0.266 e. The van der Waals surface area contributed by atoms with Crippen LogP contribution >= 0.6 is 0 Å². The Kier molecular flexibility index (Phi) is 3.91. The minimum Gasteiger partial charge on any atom is -0.497 e. The van der Waals surface area contributed by atoms with Crippen molar-refractivity contribution in [2.24, 2.45) is 0 Å². The quantitative estimate of drug-likeness (QED) is 0.831. The van der Waals surface area contributed by atoms with Crippen LogP contribution in [-0.4, -0.2) is 32.5 Å². The predicted molar refractivity (Wildman–Crippen MR) is 97.4 cm³/mol. The van der Waals surface area contributed by atoms with Crippen molar-refractivity contribution >= 4 is 21.6 Å². The molecule has 0 spiro atoms. The Labute approximate surface area is 153 Å². The number of sulfonamides is 1. The summed E-state index contributed by atoms with van der Waals surface area (Å²) in [5.74, 6) is 0.620. The molecular weight excluding hydrogens is 352 g/mol. The maximum atomic E-state index is 13.4. The van der Waals surface area contributed by atoms with Crippen molar-refractivity contribution in [1.82, 2.24) is 4.90 Å². The van der Waals surface area contributed by atoms with Crippen molar-refractivity contribution in [3.63, 3.8) is 0 Å². The number of hydrogen-bond donors (Lipinski definition) is 0. The van der Waals surface area contributed by atoms with Gasteiger partial charge in [0.1, 0.15) is 11.9 Å². The zero-order valence-electron chi connectivity index (χ0n) is 14.7. The molecule has 2 aliphatic heterocycles. The molecule has 2 heterocycles. The molecule has 2 aromatic rings. The van der Waals surface area contributed by atoms with Crippen molar-refractivity contribution in [2.75, 3.05) is 11.4 Å². The number of methoxy groups -OCH3 is 1. The first-order chi connectivity index (χ1) is 12.4. The number of anilines is 1. The van der Waals surface area contributed by atoms with Gasteiger partial charge in [0.25, 0.3) is 10.0 Å². The Morgan fingerprint density at radius 2 is 1.85 bits per heavy atom. The van der Waals surface area contributed by atoms with E-state index in [0.29, 0.717) is 30.8 Å². The first-order valence-electron chi connectivity index (χ1n) is 8.49. The third kappa shape index (κ3) is 2.54. The Balaban J connectivity index is 1.88. The van der Waals surface area contributed by atoms with E-state index >= 15 is 0 Å². The molecule has 0 saturated carbocycles. The Morgan fingerprint density at radius 3 is 2.54 bits per heavy atom. The van der Waals surface area contributed by atoms with E-state index in [1.54, 1.807) is 54.5 Å². The lowest BCUT2D eigenvalue weighted by molar-refractivity contribution is -0.129. The summed E-state index contributed by atoms with van der Waals surface area (Å²) in [6.45, 7) is 2.31. The Hall–Kier alpha value is -2.54. The highest BCUT2D eigenvalue weighted by Gasteiger charge is 2.45. The van der Waals surface area contributed by atoms with Gasteiger partial charge in [0.05, 0.1) is 17.7 Å². The topological polar surface area (TPSA) is 66.9 Å². The molecule has 2 aliphatic rings. The molecule has 26 heavy (non-hydrogen) atoms. The largest absolute Gasteiger partial charge is 0.497 e. The van der Waals surface area contributed by atoms with Gasteiger partial charge in [0.2, 0.25) is 5.91 Å². The fourth-order valence-electron chi connectivity index (χ4n) is 3.64. The highest BCUT2D eigenvalue weighted by Crippen LogP contribution is 2.41. The van der Waals surface area contributed by atoms with Crippen LogP contribution in [0.15, 0.2) is 47.4 Å². The summed E-state index contributed by atoms with van der Waals surface area (Å²) in [5.41, 5.74) is 2.37. The minimum atomic E-state index is -3.79. The number of hydrogen-bond acceptors (Lipinski definition) is 4. The normalized spacial score (nSPS) is 19.3. The number of carbonyl (C=O) groups excluding carboxylic acids is 1. The molecule has 0 bridgehead atoms. The fraction of sp³-hybridized carbons (Fsp3) is 0.316. The molecule has 136 valence electrons. The molecule has 1 saturated heterocycles. The first-order valence-corrected chi connectivity index (χ1v) is 9.93. The third-order valence-electron chi connectivity index (χ3n) is 5.01. The maximum Gasteiger partial charge on any atom is 0.266 e. The second-order valence-electron chi connectivity index (χ2n) is 6.65. The number of aryl methyl sites for hydroxylation is 1. The average molecular weight is 372 g/mol. The highest BCUT2D eigenvalue weighted by molar-refractivity contribution is 7.92. The lowest BCUT2D eigenvalue weighted by Crippen LogP contribution is -2.52. The average Bonchev–Trinajstić information content (AvgIpc) is 3.00. The molecule has 2 aromatic carbocycles. The number of carbonyl (C=O) groups is 1. The molecule has 1 amide bonds. The van der Waals surface area contributed by atoms with Crippen molar-refractivity contribution in [2.45, 2.75) is 37.4 Å². The van der Waals surface area contributed by atoms with E-state index in [2.05, 4.69) is 0 Å². The number of benzene rings is 2. The van der Waals surface area contributed by atoms with Crippen LogP contribution < -0.4 is 9.04 Å². The SMILES string of the molecule is COc1ccc2c(c1)CN1C(=O)CC[C@H]1N2S(=O)(=O)c1ccc(C)cc1. The number of amides is 1. The van der Waals surface area contributed by atoms with Gasteiger partial charge in [0, 0.05) is 13.0 Å². The Bertz CT molecular complexity index is 970. The standard InChI is InChI=1S/C19H20N2O4S/c1-13-3-6-16(7-4-13)26(23,24)21-17-8-5-15(25-2)11-14(17)12-20-18(21)9-10-19(20)22/h3-8,11,18H,9-10,12H2,1-2H3/t18-/m1/s1. The zero-order chi connectivity index (χ0) is 18.5. The van der Waals surface area contributed by atoms with E-state index in [1.807, 2.05) is 6.92 Å². The molecule has 1 fully saturated rings. The molecule has 0 unspecified atom stereocenters. The Morgan fingerprint density at radius 1 is 1.12 bits per heavy atom. The van der Waals surface area contributed by atoms with Crippen LogP contribution in [0, 0.1) is 6.92 Å². The van der Waals surface area contributed by atoms with Gasteiger partial charge in [0.15, 0.2) is 0 Å². The molecule has 4 rings (SSSR count). The molecule has 0 aliphatic carbocycles. The molecule has 0 radical (unpaired) electrons. The number of fused-ring (bicyclic) bond motifs is 2. The van der Waals surface area contributed by atoms with Crippen LogP contribution in [0.5, 0.6) is 5.75 Å². The van der Waals surface area contributed by atoms with Crippen LogP contribution in [0.1, 0.15) is 24.0 Å². The molecule has 0 N–H and O–H groups in total. The fourth-order valence-corrected chi connectivity index (χ4v) is 5.33. The van der Waals surface area contributed by atoms with Gasteiger partial charge < -0.3 is 9.64 Å². The van der Waals surface area contributed by atoms with Gasteiger partial charge in [-0.05, 0) is 49.2 Å². The second kappa shape index (κ2) is 6.02. The van der Waals surface area contributed by atoms with E-state index in [1.165, 1.54) is 4.31 Å². The molecular formula is C19H20N2O4S. The monoisotopic (exact) mass is 372 g/mol. The molecule has 0 aromatic heterocycles. The molecule has 6 nitrogen and oxygen atoms in total. The van der Waals surface area contributed by atoms with Gasteiger partial charge in [-0.3, -0.25) is 4.79 Å². The summed E-state index contributed by atoms with van der Waals surface area (Å²) in [6, 6.07) is 12.1. The predicted octanol–water partition coefficient (Wildman–Crippen LogP) is 2.66. The molecule has 1 atom stereocenters. The van der Waals surface area contributed by atoms with E-state index in [-0.39, 0.29) is 10.8 Å². The van der Waals surface area contributed by atoms with Crippen LogP contribution in [0.4, 0.5) is 5.69 Å². The van der Waals surface area contributed by atoms with Gasteiger partial charge >= 0.3 is 0 Å². The second-order valence-corrected chi connectivity index (χ2v) is 8.46. The van der Waals surface area contributed by atoms with Gasteiger partial charge in [-0.2, -0.15) is 0 Å². The highest BCUT2D eigenvalue weighted by atomic mass is 32.2. The number of nitrogens with zero attached hydrogens (tertiary/aromatic N) is 2.